The van der Waals surface area contributed by atoms with Crippen LogP contribution in [0.3, 0.4) is 0 Å². The first kappa shape index (κ1) is 24.7. The Bertz CT molecular complexity index is 778. The van der Waals surface area contributed by atoms with Crippen molar-refractivity contribution in [3.05, 3.63) is 29.8 Å². The van der Waals surface area contributed by atoms with Crippen LogP contribution in [-0.2, 0) is 9.59 Å². The van der Waals surface area contributed by atoms with E-state index in [0.29, 0.717) is 17.2 Å². The van der Waals surface area contributed by atoms with Gasteiger partial charge < -0.3 is 20.7 Å². The molecule has 0 radical (unpaired) electrons. The number of amides is 3. The number of ether oxygens (including phenoxy) is 1. The highest BCUT2D eigenvalue weighted by atomic mass is 16.5. The molecule has 1 heterocycles. The van der Waals surface area contributed by atoms with Crippen molar-refractivity contribution < 1.29 is 19.1 Å². The minimum Gasteiger partial charge on any atom is -0.491 e. The first-order chi connectivity index (χ1) is 14.6. The molecule has 1 aliphatic rings. The predicted molar refractivity (Wildman–Crippen MR) is 121 cm³/mol. The van der Waals surface area contributed by atoms with E-state index in [0.717, 1.165) is 12.8 Å². The van der Waals surface area contributed by atoms with Crippen molar-refractivity contribution in [3.63, 3.8) is 0 Å². The van der Waals surface area contributed by atoms with E-state index in [1.165, 1.54) is 0 Å². The van der Waals surface area contributed by atoms with E-state index in [9.17, 15) is 14.4 Å². The number of para-hydroxylation sites is 1. The average molecular weight is 432 g/mol. The van der Waals surface area contributed by atoms with Crippen LogP contribution in [0.1, 0.15) is 64.7 Å². The predicted octanol–water partition coefficient (Wildman–Crippen LogP) is 2.90. The molecule has 0 spiro atoms. The lowest BCUT2D eigenvalue weighted by molar-refractivity contribution is -0.132. The van der Waals surface area contributed by atoms with Crippen LogP contribution in [-0.4, -0.2) is 42.5 Å². The van der Waals surface area contributed by atoms with Gasteiger partial charge in [-0.05, 0) is 36.3 Å². The third kappa shape index (κ3) is 6.71. The molecule has 0 aromatic heterocycles. The van der Waals surface area contributed by atoms with Gasteiger partial charge in [-0.1, -0.05) is 60.1 Å². The molecular formula is C24H37N3O4. The standard InChI is InChI=1S/C24H37N3O4/c1-7-16(6)21-24(30)25-17(12-14(2)3)13-31-19-11-9-8-10-18(19)22(28)26-20(15(4)5)23(29)27-21/h8-11,14-17,20-21H,7,12-13H2,1-6H3,(H,25,30)(H,26,28)(H,27,29)/t16-,17+,20+,21-/m0/s1. The largest absolute Gasteiger partial charge is 0.491 e. The van der Waals surface area contributed by atoms with E-state index in [1.54, 1.807) is 24.3 Å². The Morgan fingerprint density at radius 1 is 0.935 bits per heavy atom. The van der Waals surface area contributed by atoms with Crippen molar-refractivity contribution in [2.75, 3.05) is 6.61 Å². The van der Waals surface area contributed by atoms with Gasteiger partial charge in [0.05, 0.1) is 11.6 Å². The number of rotatable bonds is 5. The lowest BCUT2D eigenvalue weighted by Crippen LogP contribution is -2.58. The first-order valence-corrected chi connectivity index (χ1v) is 11.3. The van der Waals surface area contributed by atoms with E-state index >= 15 is 0 Å². The zero-order valence-corrected chi connectivity index (χ0v) is 19.5. The average Bonchev–Trinajstić information content (AvgIpc) is 2.72. The van der Waals surface area contributed by atoms with Gasteiger partial charge in [-0.15, -0.1) is 0 Å². The van der Waals surface area contributed by atoms with E-state index in [-0.39, 0.29) is 42.2 Å². The smallest absolute Gasteiger partial charge is 0.255 e. The van der Waals surface area contributed by atoms with Crippen LogP contribution in [0.15, 0.2) is 24.3 Å². The number of fused-ring (bicyclic) bond motifs is 1. The summed E-state index contributed by atoms with van der Waals surface area (Å²) in [4.78, 5) is 39.3. The molecule has 7 nitrogen and oxygen atoms in total. The quantitative estimate of drug-likeness (QED) is 0.668. The Morgan fingerprint density at radius 3 is 2.19 bits per heavy atom. The highest BCUT2D eigenvalue weighted by Gasteiger charge is 2.33. The highest BCUT2D eigenvalue weighted by molar-refractivity contribution is 6.00. The Labute approximate surface area is 185 Å². The van der Waals surface area contributed by atoms with Gasteiger partial charge in [0.1, 0.15) is 24.4 Å². The zero-order valence-electron chi connectivity index (χ0n) is 19.5. The number of carbonyl (C=O) groups is 3. The van der Waals surface area contributed by atoms with Crippen molar-refractivity contribution in [1.29, 1.82) is 0 Å². The van der Waals surface area contributed by atoms with Gasteiger partial charge in [0.2, 0.25) is 11.8 Å². The maximum absolute atomic E-state index is 13.2. The fraction of sp³-hybridized carbons (Fsp3) is 0.625. The van der Waals surface area contributed by atoms with Crippen LogP contribution < -0.4 is 20.7 Å². The van der Waals surface area contributed by atoms with Crippen molar-refractivity contribution >= 4 is 17.7 Å². The third-order valence-electron chi connectivity index (χ3n) is 5.70. The van der Waals surface area contributed by atoms with Crippen LogP contribution >= 0.6 is 0 Å². The summed E-state index contributed by atoms with van der Waals surface area (Å²) >= 11 is 0. The van der Waals surface area contributed by atoms with Crippen LogP contribution in [0.5, 0.6) is 5.75 Å². The fourth-order valence-electron chi connectivity index (χ4n) is 3.70. The summed E-state index contributed by atoms with van der Waals surface area (Å²) in [5, 5.41) is 8.81. The van der Waals surface area contributed by atoms with Crippen LogP contribution in [0.4, 0.5) is 0 Å². The molecule has 3 amide bonds. The monoisotopic (exact) mass is 431 g/mol. The summed E-state index contributed by atoms with van der Waals surface area (Å²) in [6.07, 6.45) is 1.45. The lowest BCUT2D eigenvalue weighted by atomic mass is 9.95. The SMILES string of the molecule is CC[C@H](C)[C@@H]1NC(=O)[C@@H](C(C)C)NC(=O)c2ccccc2OC[C@@H](CC(C)C)NC1=O. The number of carbonyl (C=O) groups excluding carboxylic acids is 3. The summed E-state index contributed by atoms with van der Waals surface area (Å²) in [7, 11) is 0. The minimum absolute atomic E-state index is 0.0598. The maximum Gasteiger partial charge on any atom is 0.255 e. The van der Waals surface area contributed by atoms with Crippen molar-refractivity contribution in [3.8, 4) is 5.75 Å². The summed E-state index contributed by atoms with van der Waals surface area (Å²) in [6.45, 7) is 12.0. The molecule has 2 rings (SSSR count). The molecule has 0 saturated heterocycles. The van der Waals surface area contributed by atoms with Gasteiger partial charge in [-0.2, -0.15) is 0 Å². The van der Waals surface area contributed by atoms with Crippen LogP contribution in [0.25, 0.3) is 0 Å². The molecule has 0 bridgehead atoms. The second-order valence-electron chi connectivity index (χ2n) is 9.21. The molecule has 7 heteroatoms. The summed E-state index contributed by atoms with van der Waals surface area (Å²) in [5.74, 6) is -0.399. The van der Waals surface area contributed by atoms with Crippen molar-refractivity contribution in [2.24, 2.45) is 17.8 Å². The molecule has 4 atom stereocenters. The Morgan fingerprint density at radius 2 is 1.58 bits per heavy atom. The van der Waals surface area contributed by atoms with Crippen LogP contribution in [0, 0.1) is 17.8 Å². The van der Waals surface area contributed by atoms with Crippen molar-refractivity contribution in [2.45, 2.75) is 72.5 Å². The van der Waals surface area contributed by atoms with Crippen molar-refractivity contribution in [1.82, 2.24) is 16.0 Å². The highest BCUT2D eigenvalue weighted by Crippen LogP contribution is 2.20. The molecule has 172 valence electrons. The number of hydrogen-bond donors (Lipinski definition) is 3. The van der Waals surface area contributed by atoms with Crippen LogP contribution in [0.2, 0.25) is 0 Å². The normalized spacial score (nSPS) is 24.0. The molecule has 0 fully saturated rings. The zero-order chi connectivity index (χ0) is 23.1. The van der Waals surface area contributed by atoms with Gasteiger partial charge in [0.25, 0.3) is 5.91 Å². The molecular weight excluding hydrogens is 394 g/mol. The van der Waals surface area contributed by atoms with E-state index < -0.39 is 12.1 Å². The Kier molecular flexibility index (Phi) is 8.89. The summed E-state index contributed by atoms with van der Waals surface area (Å²) in [5.41, 5.74) is 0.369. The van der Waals surface area contributed by atoms with E-state index in [2.05, 4.69) is 29.8 Å². The van der Waals surface area contributed by atoms with Gasteiger partial charge in [-0.25, -0.2) is 0 Å². The molecule has 3 N–H and O–H groups in total. The summed E-state index contributed by atoms with van der Waals surface area (Å²) in [6, 6.07) is 5.27. The molecule has 0 unspecified atom stereocenters. The van der Waals surface area contributed by atoms with E-state index in [1.807, 2.05) is 27.7 Å². The molecule has 0 aliphatic carbocycles. The number of benzene rings is 1. The second kappa shape index (κ2) is 11.2. The second-order valence-corrected chi connectivity index (χ2v) is 9.21. The topological polar surface area (TPSA) is 96.5 Å². The Balaban J connectivity index is 2.46. The Hall–Kier alpha value is -2.57. The molecule has 0 saturated carbocycles. The van der Waals surface area contributed by atoms with Gasteiger partial charge in [-0.3, -0.25) is 14.4 Å². The van der Waals surface area contributed by atoms with Gasteiger partial charge in [0, 0.05) is 0 Å². The number of nitrogens with one attached hydrogen (secondary N) is 3. The first-order valence-electron chi connectivity index (χ1n) is 11.3. The van der Waals surface area contributed by atoms with Gasteiger partial charge >= 0.3 is 0 Å². The molecule has 1 aromatic rings. The third-order valence-corrected chi connectivity index (χ3v) is 5.70. The van der Waals surface area contributed by atoms with Gasteiger partial charge in [0.15, 0.2) is 0 Å². The molecule has 31 heavy (non-hydrogen) atoms. The summed E-state index contributed by atoms with van der Waals surface area (Å²) < 4.78 is 6.00. The molecule has 1 aliphatic heterocycles. The fourth-order valence-corrected chi connectivity index (χ4v) is 3.70. The number of hydrogen-bond acceptors (Lipinski definition) is 4. The van der Waals surface area contributed by atoms with E-state index in [4.69, 9.17) is 4.74 Å². The lowest BCUT2D eigenvalue weighted by Gasteiger charge is -2.29. The minimum atomic E-state index is -0.771. The maximum atomic E-state index is 13.2. The molecule has 1 aromatic carbocycles.